The standard InChI is InChI=1S/C25H25N3O4S/c1-17-7-9-21(10-8-17)27-33(31,32)22-13-11-20(12-14-22)26-25(30)19-15-24(29)28(16-19)23-6-4-3-5-18(23)2/h3-14,19,27H,15-16H2,1-2H3,(H,26,30)/t19-/m0/s1. The molecule has 0 radical (unpaired) electrons. The summed E-state index contributed by atoms with van der Waals surface area (Å²) in [5.41, 5.74) is 3.76. The smallest absolute Gasteiger partial charge is 0.261 e. The van der Waals surface area contributed by atoms with E-state index >= 15 is 0 Å². The summed E-state index contributed by atoms with van der Waals surface area (Å²) in [5, 5.41) is 2.79. The highest BCUT2D eigenvalue weighted by Gasteiger charge is 2.35. The van der Waals surface area contributed by atoms with Gasteiger partial charge in [-0.1, -0.05) is 35.9 Å². The number of sulfonamides is 1. The van der Waals surface area contributed by atoms with Crippen LogP contribution in [0.3, 0.4) is 0 Å². The average Bonchev–Trinajstić information content (AvgIpc) is 3.17. The first kappa shape index (κ1) is 22.5. The number of carbonyl (C=O) groups is 2. The zero-order chi connectivity index (χ0) is 23.6. The Hall–Kier alpha value is -3.65. The summed E-state index contributed by atoms with van der Waals surface area (Å²) in [6, 6.07) is 20.6. The molecule has 1 atom stereocenters. The molecular formula is C25H25N3O4S. The third-order valence-corrected chi connectivity index (χ3v) is 7.04. The van der Waals surface area contributed by atoms with Crippen molar-refractivity contribution in [3.8, 4) is 0 Å². The van der Waals surface area contributed by atoms with Crippen molar-refractivity contribution < 1.29 is 18.0 Å². The summed E-state index contributed by atoms with van der Waals surface area (Å²) in [7, 11) is -3.75. The molecule has 8 heteroatoms. The van der Waals surface area contributed by atoms with Gasteiger partial charge in [-0.3, -0.25) is 14.3 Å². The second kappa shape index (κ2) is 9.07. The number of carbonyl (C=O) groups excluding carboxylic acids is 2. The Morgan fingerprint density at radius 1 is 0.909 bits per heavy atom. The molecule has 33 heavy (non-hydrogen) atoms. The fraction of sp³-hybridized carbons (Fsp3) is 0.200. The van der Waals surface area contributed by atoms with E-state index in [1.165, 1.54) is 24.3 Å². The SMILES string of the molecule is Cc1ccc(NS(=O)(=O)c2ccc(NC(=O)[C@H]3CC(=O)N(c4ccccc4C)C3)cc2)cc1. The van der Waals surface area contributed by atoms with Crippen LogP contribution < -0.4 is 14.9 Å². The molecule has 2 amide bonds. The molecular weight excluding hydrogens is 438 g/mol. The maximum absolute atomic E-state index is 12.8. The van der Waals surface area contributed by atoms with Gasteiger partial charge >= 0.3 is 0 Å². The second-order valence-corrected chi connectivity index (χ2v) is 9.86. The monoisotopic (exact) mass is 463 g/mol. The summed E-state index contributed by atoms with van der Waals surface area (Å²) in [4.78, 5) is 27.0. The van der Waals surface area contributed by atoms with E-state index in [-0.39, 0.29) is 23.1 Å². The number of amides is 2. The van der Waals surface area contributed by atoms with Crippen LogP contribution in [-0.2, 0) is 19.6 Å². The highest BCUT2D eigenvalue weighted by Crippen LogP contribution is 2.28. The first-order valence-corrected chi connectivity index (χ1v) is 12.1. The highest BCUT2D eigenvalue weighted by molar-refractivity contribution is 7.92. The molecule has 0 spiro atoms. The van der Waals surface area contributed by atoms with Gasteiger partial charge in [-0.25, -0.2) is 8.42 Å². The first-order chi connectivity index (χ1) is 15.7. The number of nitrogens with zero attached hydrogens (tertiary/aromatic N) is 1. The second-order valence-electron chi connectivity index (χ2n) is 8.18. The normalized spacial score (nSPS) is 16.0. The van der Waals surface area contributed by atoms with Crippen LogP contribution in [0, 0.1) is 19.8 Å². The Kier molecular flexibility index (Phi) is 6.20. The number of hydrogen-bond donors (Lipinski definition) is 2. The van der Waals surface area contributed by atoms with E-state index in [1.54, 1.807) is 17.0 Å². The van der Waals surface area contributed by atoms with Crippen molar-refractivity contribution in [2.75, 3.05) is 21.5 Å². The Morgan fingerprint density at radius 2 is 1.55 bits per heavy atom. The fourth-order valence-electron chi connectivity index (χ4n) is 3.78. The fourth-order valence-corrected chi connectivity index (χ4v) is 4.84. The Bertz CT molecular complexity index is 1290. The Morgan fingerprint density at radius 3 is 2.21 bits per heavy atom. The van der Waals surface area contributed by atoms with Crippen molar-refractivity contribution in [3.05, 3.63) is 83.9 Å². The maximum atomic E-state index is 12.8. The number of benzene rings is 3. The molecule has 2 N–H and O–H groups in total. The van der Waals surface area contributed by atoms with Crippen LogP contribution in [0.2, 0.25) is 0 Å². The van der Waals surface area contributed by atoms with Crippen LogP contribution in [0.15, 0.2) is 77.7 Å². The molecule has 1 heterocycles. The predicted molar refractivity (Wildman–Crippen MR) is 129 cm³/mol. The van der Waals surface area contributed by atoms with Gasteiger partial charge in [-0.2, -0.15) is 0 Å². The van der Waals surface area contributed by atoms with Gasteiger partial charge in [-0.05, 0) is 61.9 Å². The zero-order valence-electron chi connectivity index (χ0n) is 18.4. The Labute approximate surface area is 193 Å². The van der Waals surface area contributed by atoms with E-state index in [2.05, 4.69) is 10.0 Å². The van der Waals surface area contributed by atoms with Crippen LogP contribution in [0.4, 0.5) is 17.1 Å². The van der Waals surface area contributed by atoms with Crippen LogP contribution in [0.25, 0.3) is 0 Å². The number of para-hydroxylation sites is 1. The third kappa shape index (κ3) is 5.06. The van der Waals surface area contributed by atoms with Crippen molar-refractivity contribution in [2.45, 2.75) is 25.2 Å². The maximum Gasteiger partial charge on any atom is 0.261 e. The van der Waals surface area contributed by atoms with E-state index < -0.39 is 15.9 Å². The minimum absolute atomic E-state index is 0.0860. The molecule has 3 aromatic carbocycles. The lowest BCUT2D eigenvalue weighted by Crippen LogP contribution is -2.28. The summed E-state index contributed by atoms with van der Waals surface area (Å²) in [6.45, 7) is 4.16. The number of rotatable bonds is 6. The van der Waals surface area contributed by atoms with Gasteiger partial charge in [0.05, 0.1) is 10.8 Å². The summed E-state index contributed by atoms with van der Waals surface area (Å²) >= 11 is 0. The lowest BCUT2D eigenvalue weighted by atomic mass is 10.1. The largest absolute Gasteiger partial charge is 0.326 e. The van der Waals surface area contributed by atoms with Crippen LogP contribution in [-0.4, -0.2) is 26.8 Å². The molecule has 170 valence electrons. The molecule has 0 bridgehead atoms. The van der Waals surface area contributed by atoms with Crippen molar-refractivity contribution in [3.63, 3.8) is 0 Å². The summed E-state index contributed by atoms with van der Waals surface area (Å²) in [6.07, 6.45) is 0.132. The molecule has 4 rings (SSSR count). The molecule has 0 unspecified atom stereocenters. The number of anilines is 3. The van der Waals surface area contributed by atoms with Gasteiger partial charge < -0.3 is 10.2 Å². The van der Waals surface area contributed by atoms with Gasteiger partial charge in [-0.15, -0.1) is 0 Å². The molecule has 0 aliphatic carbocycles. The van der Waals surface area contributed by atoms with Gasteiger partial charge in [0.25, 0.3) is 10.0 Å². The minimum Gasteiger partial charge on any atom is -0.326 e. The Balaban J connectivity index is 1.40. The molecule has 3 aromatic rings. The van der Waals surface area contributed by atoms with Crippen molar-refractivity contribution in [2.24, 2.45) is 5.92 Å². The van der Waals surface area contributed by atoms with Crippen LogP contribution in [0.1, 0.15) is 17.5 Å². The molecule has 1 aliphatic heterocycles. The number of hydrogen-bond acceptors (Lipinski definition) is 4. The van der Waals surface area contributed by atoms with Gasteiger partial charge in [0.2, 0.25) is 11.8 Å². The van der Waals surface area contributed by atoms with E-state index in [0.29, 0.717) is 17.9 Å². The zero-order valence-corrected chi connectivity index (χ0v) is 19.2. The van der Waals surface area contributed by atoms with Crippen LogP contribution >= 0.6 is 0 Å². The number of aryl methyl sites for hydroxylation is 2. The molecule has 0 saturated carbocycles. The van der Waals surface area contributed by atoms with E-state index in [0.717, 1.165) is 16.8 Å². The van der Waals surface area contributed by atoms with Gasteiger partial charge in [0, 0.05) is 30.0 Å². The third-order valence-electron chi connectivity index (χ3n) is 5.64. The summed E-state index contributed by atoms with van der Waals surface area (Å²) < 4.78 is 27.8. The number of nitrogens with one attached hydrogen (secondary N) is 2. The minimum atomic E-state index is -3.75. The van der Waals surface area contributed by atoms with Crippen molar-refractivity contribution in [1.82, 2.24) is 0 Å². The van der Waals surface area contributed by atoms with Gasteiger partial charge in [0.15, 0.2) is 0 Å². The first-order valence-electron chi connectivity index (χ1n) is 10.6. The predicted octanol–water partition coefficient (Wildman–Crippen LogP) is 4.10. The average molecular weight is 464 g/mol. The molecule has 1 saturated heterocycles. The lowest BCUT2D eigenvalue weighted by Gasteiger charge is -2.19. The molecule has 0 aromatic heterocycles. The molecule has 7 nitrogen and oxygen atoms in total. The highest BCUT2D eigenvalue weighted by atomic mass is 32.2. The van der Waals surface area contributed by atoms with Gasteiger partial charge in [0.1, 0.15) is 0 Å². The lowest BCUT2D eigenvalue weighted by molar-refractivity contribution is -0.122. The quantitative estimate of drug-likeness (QED) is 0.575. The topological polar surface area (TPSA) is 95.6 Å². The van der Waals surface area contributed by atoms with Crippen molar-refractivity contribution in [1.29, 1.82) is 0 Å². The van der Waals surface area contributed by atoms with Crippen molar-refractivity contribution >= 4 is 38.9 Å². The van der Waals surface area contributed by atoms with E-state index in [9.17, 15) is 18.0 Å². The van der Waals surface area contributed by atoms with E-state index in [4.69, 9.17) is 0 Å². The van der Waals surface area contributed by atoms with E-state index in [1.807, 2.05) is 50.2 Å². The molecule has 1 aliphatic rings. The molecule has 1 fully saturated rings. The summed E-state index contributed by atoms with van der Waals surface area (Å²) in [5.74, 6) is -0.843. The van der Waals surface area contributed by atoms with Crippen LogP contribution in [0.5, 0.6) is 0 Å².